The number of carbonyl (C=O) groups excluding carboxylic acids is 1. The predicted molar refractivity (Wildman–Crippen MR) is 92.5 cm³/mol. The zero-order chi connectivity index (χ0) is 16.7. The summed E-state index contributed by atoms with van der Waals surface area (Å²) in [6.07, 6.45) is 7.71. The first kappa shape index (κ1) is 16.9. The lowest BCUT2D eigenvalue weighted by Crippen LogP contribution is -2.29. The van der Waals surface area contributed by atoms with Crippen LogP contribution < -0.4 is 5.32 Å². The molecule has 0 saturated carbocycles. The Morgan fingerprint density at radius 2 is 1.96 bits per heavy atom. The van der Waals surface area contributed by atoms with Crippen LogP contribution in [-0.4, -0.2) is 40.9 Å². The monoisotopic (exact) mass is 312 g/mol. The molecule has 0 atom stereocenters. The molecule has 0 bridgehead atoms. The van der Waals surface area contributed by atoms with Gasteiger partial charge in [-0.3, -0.25) is 14.8 Å². The van der Waals surface area contributed by atoms with Crippen molar-refractivity contribution < 1.29 is 4.79 Å². The number of anilines is 1. The summed E-state index contributed by atoms with van der Waals surface area (Å²) >= 11 is 0. The van der Waals surface area contributed by atoms with Crippen molar-refractivity contribution in [2.24, 2.45) is 5.92 Å². The minimum atomic E-state index is -0.0141. The summed E-state index contributed by atoms with van der Waals surface area (Å²) in [4.78, 5) is 22.4. The molecule has 23 heavy (non-hydrogen) atoms. The highest BCUT2D eigenvalue weighted by Crippen LogP contribution is 2.11. The molecule has 0 saturated heterocycles. The summed E-state index contributed by atoms with van der Waals surface area (Å²) in [5.74, 6) is 0.525. The number of likely N-dealkylation sites (N-methyl/N-ethyl adjacent to an activating group) is 1. The Labute approximate surface area is 137 Å². The van der Waals surface area contributed by atoms with Gasteiger partial charge in [0.1, 0.15) is 0 Å². The lowest BCUT2D eigenvalue weighted by atomic mass is 10.1. The number of nitrogens with one attached hydrogen (secondary N) is 1. The second-order valence-corrected chi connectivity index (χ2v) is 6.07. The second-order valence-electron chi connectivity index (χ2n) is 6.07. The van der Waals surface area contributed by atoms with Gasteiger partial charge in [0.15, 0.2) is 0 Å². The number of pyridine rings is 2. The summed E-state index contributed by atoms with van der Waals surface area (Å²) < 4.78 is 0. The van der Waals surface area contributed by atoms with E-state index in [9.17, 15) is 4.79 Å². The summed E-state index contributed by atoms with van der Waals surface area (Å²) in [6.45, 7) is 5.80. The molecule has 0 radical (unpaired) electrons. The number of aromatic nitrogens is 2. The molecule has 0 aliphatic rings. The van der Waals surface area contributed by atoms with Crippen LogP contribution in [0.2, 0.25) is 0 Å². The van der Waals surface area contributed by atoms with E-state index in [-0.39, 0.29) is 5.91 Å². The van der Waals surface area contributed by atoms with Crippen molar-refractivity contribution in [1.29, 1.82) is 0 Å². The molecule has 0 unspecified atom stereocenters. The topological polar surface area (TPSA) is 58.1 Å². The standard InChI is InChI=1S/C18H24N4O/c1-14(2)11-21-17-10-16(12-20-13-17)18(23)22(3)9-6-15-4-7-19-8-5-15/h4-5,7-8,10,12-14,21H,6,9,11H2,1-3H3. The van der Waals surface area contributed by atoms with Gasteiger partial charge in [-0.05, 0) is 36.1 Å². The first-order valence-electron chi connectivity index (χ1n) is 7.89. The smallest absolute Gasteiger partial charge is 0.255 e. The quantitative estimate of drug-likeness (QED) is 0.854. The number of hydrogen-bond acceptors (Lipinski definition) is 4. The first-order chi connectivity index (χ1) is 11.1. The van der Waals surface area contributed by atoms with Crippen LogP contribution in [0, 0.1) is 5.92 Å². The zero-order valence-corrected chi connectivity index (χ0v) is 14.0. The highest BCUT2D eigenvalue weighted by atomic mass is 16.2. The molecular formula is C18H24N4O. The highest BCUT2D eigenvalue weighted by molar-refractivity contribution is 5.94. The maximum absolute atomic E-state index is 12.5. The Morgan fingerprint density at radius 1 is 1.22 bits per heavy atom. The van der Waals surface area contributed by atoms with Crippen LogP contribution in [0.5, 0.6) is 0 Å². The normalized spacial score (nSPS) is 10.6. The largest absolute Gasteiger partial charge is 0.384 e. The van der Waals surface area contributed by atoms with E-state index in [4.69, 9.17) is 0 Å². The van der Waals surface area contributed by atoms with Crippen molar-refractivity contribution >= 4 is 11.6 Å². The van der Waals surface area contributed by atoms with Crippen LogP contribution in [0.15, 0.2) is 43.0 Å². The number of carbonyl (C=O) groups is 1. The third-order valence-corrected chi connectivity index (χ3v) is 3.53. The van der Waals surface area contributed by atoms with Gasteiger partial charge in [0, 0.05) is 44.9 Å². The van der Waals surface area contributed by atoms with Crippen molar-refractivity contribution in [3.63, 3.8) is 0 Å². The highest BCUT2D eigenvalue weighted by Gasteiger charge is 2.12. The van der Waals surface area contributed by atoms with E-state index < -0.39 is 0 Å². The van der Waals surface area contributed by atoms with E-state index in [0.29, 0.717) is 18.0 Å². The molecule has 2 heterocycles. The summed E-state index contributed by atoms with van der Waals surface area (Å²) in [5, 5.41) is 3.30. The van der Waals surface area contributed by atoms with Gasteiger partial charge in [0.2, 0.25) is 0 Å². The SMILES string of the molecule is CC(C)CNc1cncc(C(=O)N(C)CCc2ccncc2)c1. The first-order valence-corrected chi connectivity index (χ1v) is 7.89. The van der Waals surface area contributed by atoms with Crippen molar-refractivity contribution in [2.75, 3.05) is 25.5 Å². The van der Waals surface area contributed by atoms with Gasteiger partial charge >= 0.3 is 0 Å². The Kier molecular flexibility index (Phi) is 6.09. The van der Waals surface area contributed by atoms with Crippen molar-refractivity contribution in [2.45, 2.75) is 20.3 Å². The molecule has 0 fully saturated rings. The Morgan fingerprint density at radius 3 is 2.65 bits per heavy atom. The van der Waals surface area contributed by atoms with E-state index in [1.165, 1.54) is 5.56 Å². The zero-order valence-electron chi connectivity index (χ0n) is 14.0. The maximum Gasteiger partial charge on any atom is 0.255 e. The molecule has 2 rings (SSSR count). The van der Waals surface area contributed by atoms with E-state index in [2.05, 4.69) is 29.1 Å². The summed E-state index contributed by atoms with van der Waals surface area (Å²) in [5.41, 5.74) is 2.66. The van der Waals surface area contributed by atoms with Gasteiger partial charge in [-0.15, -0.1) is 0 Å². The Balaban J connectivity index is 1.94. The molecule has 1 amide bonds. The van der Waals surface area contributed by atoms with Gasteiger partial charge < -0.3 is 10.2 Å². The molecule has 5 heteroatoms. The Hall–Kier alpha value is -2.43. The van der Waals surface area contributed by atoms with Crippen LogP contribution in [0.1, 0.15) is 29.8 Å². The van der Waals surface area contributed by atoms with E-state index in [1.54, 1.807) is 29.7 Å². The molecule has 0 spiro atoms. The minimum Gasteiger partial charge on any atom is -0.384 e. The van der Waals surface area contributed by atoms with Crippen molar-refractivity contribution in [3.8, 4) is 0 Å². The molecule has 2 aromatic rings. The van der Waals surface area contributed by atoms with Crippen LogP contribution in [0.4, 0.5) is 5.69 Å². The third-order valence-electron chi connectivity index (χ3n) is 3.53. The van der Waals surface area contributed by atoms with Crippen LogP contribution in [0.25, 0.3) is 0 Å². The van der Waals surface area contributed by atoms with Crippen LogP contribution >= 0.6 is 0 Å². The molecule has 5 nitrogen and oxygen atoms in total. The van der Waals surface area contributed by atoms with E-state index in [1.807, 2.05) is 25.2 Å². The van der Waals surface area contributed by atoms with Gasteiger partial charge in [-0.1, -0.05) is 13.8 Å². The van der Waals surface area contributed by atoms with Crippen molar-refractivity contribution in [3.05, 3.63) is 54.1 Å². The van der Waals surface area contributed by atoms with Gasteiger partial charge in [0.05, 0.1) is 11.3 Å². The fraction of sp³-hybridized carbons (Fsp3) is 0.389. The second kappa shape index (κ2) is 8.27. The third kappa shape index (κ3) is 5.36. The molecule has 0 aromatic carbocycles. The average Bonchev–Trinajstić information content (AvgIpc) is 2.58. The average molecular weight is 312 g/mol. The van der Waals surface area contributed by atoms with Crippen molar-refractivity contribution in [1.82, 2.24) is 14.9 Å². The molecule has 122 valence electrons. The fourth-order valence-corrected chi connectivity index (χ4v) is 2.14. The molecule has 2 aromatic heterocycles. The molecule has 1 N–H and O–H groups in total. The van der Waals surface area contributed by atoms with E-state index >= 15 is 0 Å². The summed E-state index contributed by atoms with van der Waals surface area (Å²) in [7, 11) is 1.82. The molecule has 0 aliphatic heterocycles. The lowest BCUT2D eigenvalue weighted by molar-refractivity contribution is 0.0796. The lowest BCUT2D eigenvalue weighted by Gasteiger charge is -2.17. The molecule has 0 aliphatic carbocycles. The minimum absolute atomic E-state index is 0.0141. The fourth-order valence-electron chi connectivity index (χ4n) is 2.14. The predicted octanol–water partition coefficient (Wildman–Crippen LogP) is 2.86. The maximum atomic E-state index is 12.5. The van der Waals surface area contributed by atoms with E-state index in [0.717, 1.165) is 18.7 Å². The van der Waals surface area contributed by atoms with Gasteiger partial charge in [0.25, 0.3) is 5.91 Å². The molecular weight excluding hydrogens is 288 g/mol. The number of hydrogen-bond donors (Lipinski definition) is 1. The van der Waals surface area contributed by atoms with Crippen LogP contribution in [0.3, 0.4) is 0 Å². The van der Waals surface area contributed by atoms with Gasteiger partial charge in [-0.2, -0.15) is 0 Å². The number of amides is 1. The number of nitrogens with zero attached hydrogens (tertiary/aromatic N) is 3. The summed E-state index contributed by atoms with van der Waals surface area (Å²) in [6, 6.07) is 5.80. The van der Waals surface area contributed by atoms with Crippen LogP contribution in [-0.2, 0) is 6.42 Å². The Bertz CT molecular complexity index is 628. The number of rotatable bonds is 7. The van der Waals surface area contributed by atoms with Gasteiger partial charge in [-0.25, -0.2) is 0 Å².